The normalized spacial score (nSPS) is 13.9. The van der Waals surface area contributed by atoms with Crippen LogP contribution >= 0.6 is 22.9 Å². The highest BCUT2D eigenvalue weighted by molar-refractivity contribution is 7.90. The summed E-state index contributed by atoms with van der Waals surface area (Å²) in [6.45, 7) is 0. The number of hydrogen-bond acceptors (Lipinski definition) is 8. The van der Waals surface area contributed by atoms with Crippen LogP contribution < -0.4 is 10.6 Å². The summed E-state index contributed by atoms with van der Waals surface area (Å²) >= 11 is 6.56. The third-order valence-corrected chi connectivity index (χ3v) is 6.79. The Morgan fingerprint density at radius 3 is 2.39 bits per heavy atom. The molecule has 3 aromatic rings. The summed E-state index contributed by atoms with van der Waals surface area (Å²) in [5.41, 5.74) is -3.85. The molecule has 0 aliphatic rings. The van der Waals surface area contributed by atoms with Crippen molar-refractivity contribution >= 4 is 60.0 Å². The number of nitrogens with one attached hydrogen (secondary N) is 2. The number of anilines is 1. The fraction of sp³-hybridized carbons (Fsp3) is 0.211. The molecule has 2 aromatic carbocycles. The van der Waals surface area contributed by atoms with Gasteiger partial charge in [0.05, 0.1) is 32.8 Å². The topological polar surface area (TPSA) is 114 Å². The number of nitrogens with zero attached hydrogens (tertiary/aromatic N) is 1. The number of esters is 1. The van der Waals surface area contributed by atoms with Gasteiger partial charge in [-0.05, 0) is 30.3 Å². The van der Waals surface area contributed by atoms with Gasteiger partial charge in [0.15, 0.2) is 15.0 Å². The zero-order valence-corrected chi connectivity index (χ0v) is 19.2. The average Bonchev–Trinajstić information content (AvgIpc) is 3.12. The Morgan fingerprint density at radius 2 is 1.82 bits per heavy atom. The first-order valence-electron chi connectivity index (χ1n) is 8.89. The molecule has 3 rings (SSSR count). The minimum atomic E-state index is -5.38. The molecule has 0 spiro atoms. The van der Waals surface area contributed by atoms with Crippen LogP contribution in [-0.2, 0) is 19.4 Å². The molecule has 0 bridgehead atoms. The summed E-state index contributed by atoms with van der Waals surface area (Å²) in [6.07, 6.45) is -4.41. The zero-order chi connectivity index (χ0) is 24.6. The van der Waals surface area contributed by atoms with Gasteiger partial charge in [0.2, 0.25) is 0 Å². The molecule has 1 amide bonds. The first-order valence-corrected chi connectivity index (χ1v) is 12.0. The second kappa shape index (κ2) is 8.80. The number of hydrogen-bond donors (Lipinski definition) is 2. The lowest BCUT2D eigenvalue weighted by molar-refractivity contribution is -0.203. The van der Waals surface area contributed by atoms with Crippen LogP contribution in [0.4, 0.5) is 18.3 Å². The van der Waals surface area contributed by atoms with Crippen LogP contribution in [0, 0.1) is 0 Å². The van der Waals surface area contributed by atoms with Gasteiger partial charge in [-0.3, -0.25) is 4.79 Å². The van der Waals surface area contributed by atoms with Crippen molar-refractivity contribution in [2.24, 2.45) is 0 Å². The molecule has 0 aliphatic heterocycles. The standard InChI is InChI=1S/C19H15ClF3N3O5S2/c1-31-16(28)18(19(21,22)23,25-15(27)11-5-3-4-6-12(11)20)26-17-24-13-8-7-10(33(2,29)30)9-14(13)32-17/h3-9H,1-2H3,(H,24,26)(H,25,27)/t18-/m1/s1. The Hall–Kier alpha value is -2.90. The van der Waals surface area contributed by atoms with E-state index in [-0.39, 0.29) is 25.7 Å². The lowest BCUT2D eigenvalue weighted by Crippen LogP contribution is -2.69. The fourth-order valence-corrected chi connectivity index (χ4v) is 4.68. The monoisotopic (exact) mass is 521 g/mol. The van der Waals surface area contributed by atoms with E-state index in [4.69, 9.17) is 11.6 Å². The van der Waals surface area contributed by atoms with Crippen molar-refractivity contribution in [3.63, 3.8) is 0 Å². The zero-order valence-electron chi connectivity index (χ0n) is 16.9. The molecular weight excluding hydrogens is 507 g/mol. The second-order valence-electron chi connectivity index (χ2n) is 6.72. The van der Waals surface area contributed by atoms with E-state index in [1.165, 1.54) is 42.5 Å². The van der Waals surface area contributed by atoms with E-state index < -0.39 is 38.7 Å². The van der Waals surface area contributed by atoms with E-state index in [2.05, 4.69) is 9.72 Å². The Morgan fingerprint density at radius 1 is 1.15 bits per heavy atom. The molecule has 14 heteroatoms. The lowest BCUT2D eigenvalue weighted by atomic mass is 10.1. The molecule has 1 aromatic heterocycles. The van der Waals surface area contributed by atoms with Gasteiger partial charge in [-0.1, -0.05) is 35.1 Å². The maximum absolute atomic E-state index is 14.2. The number of halogens is 4. The van der Waals surface area contributed by atoms with Crippen LogP contribution in [0.25, 0.3) is 10.2 Å². The third-order valence-electron chi connectivity index (χ3n) is 4.42. The predicted molar refractivity (Wildman–Crippen MR) is 116 cm³/mol. The molecule has 33 heavy (non-hydrogen) atoms. The van der Waals surface area contributed by atoms with Crippen LogP contribution in [0.1, 0.15) is 10.4 Å². The number of ether oxygens (including phenoxy) is 1. The summed E-state index contributed by atoms with van der Waals surface area (Å²) in [6, 6.07) is 9.13. The van der Waals surface area contributed by atoms with Crippen molar-refractivity contribution in [1.29, 1.82) is 0 Å². The van der Waals surface area contributed by atoms with E-state index >= 15 is 0 Å². The van der Waals surface area contributed by atoms with E-state index in [0.717, 1.165) is 13.4 Å². The van der Waals surface area contributed by atoms with E-state index in [9.17, 15) is 31.2 Å². The summed E-state index contributed by atoms with van der Waals surface area (Å²) in [4.78, 5) is 28.9. The molecule has 0 saturated heterocycles. The van der Waals surface area contributed by atoms with Crippen LogP contribution in [0.2, 0.25) is 5.02 Å². The molecule has 0 fully saturated rings. The van der Waals surface area contributed by atoms with E-state index in [1.54, 1.807) is 5.32 Å². The van der Waals surface area contributed by atoms with Crippen molar-refractivity contribution in [2.75, 3.05) is 18.7 Å². The van der Waals surface area contributed by atoms with E-state index in [0.29, 0.717) is 11.3 Å². The van der Waals surface area contributed by atoms with Gasteiger partial charge in [-0.25, -0.2) is 18.2 Å². The Bertz CT molecular complexity index is 1340. The smallest absolute Gasteiger partial charge is 0.442 e. The first kappa shape index (κ1) is 24.7. The molecule has 2 N–H and O–H groups in total. The SMILES string of the molecule is COC(=O)[C@@](NC(=O)c1ccccc1Cl)(Nc1nc2ccc(S(C)(=O)=O)cc2s1)C(F)(F)F. The largest absolute Gasteiger partial charge is 0.466 e. The molecule has 8 nitrogen and oxygen atoms in total. The van der Waals surface area contributed by atoms with Crippen LogP contribution in [-0.4, -0.2) is 50.5 Å². The molecule has 0 saturated carbocycles. The maximum Gasteiger partial charge on any atom is 0.442 e. The number of carbonyl (C=O) groups is 2. The van der Waals surface area contributed by atoms with Gasteiger partial charge >= 0.3 is 17.8 Å². The van der Waals surface area contributed by atoms with Crippen molar-refractivity contribution in [3.05, 3.63) is 53.1 Å². The summed E-state index contributed by atoms with van der Waals surface area (Å²) in [5.74, 6) is -3.15. The highest BCUT2D eigenvalue weighted by Gasteiger charge is 2.64. The summed E-state index contributed by atoms with van der Waals surface area (Å²) < 4.78 is 70.8. The van der Waals surface area contributed by atoms with Gasteiger partial charge in [0.25, 0.3) is 5.91 Å². The lowest BCUT2D eigenvalue weighted by Gasteiger charge is -2.34. The van der Waals surface area contributed by atoms with Crippen molar-refractivity contribution < 1.29 is 35.9 Å². The molecule has 1 heterocycles. The minimum absolute atomic E-state index is 0.0627. The molecule has 176 valence electrons. The number of sulfone groups is 1. The van der Waals surface area contributed by atoms with Gasteiger partial charge < -0.3 is 15.4 Å². The predicted octanol–water partition coefficient (Wildman–Crippen LogP) is 3.63. The van der Waals surface area contributed by atoms with Crippen molar-refractivity contribution in [2.45, 2.75) is 16.7 Å². The second-order valence-corrected chi connectivity index (χ2v) is 10.2. The summed E-state index contributed by atoms with van der Waals surface area (Å²) in [7, 11) is -2.85. The van der Waals surface area contributed by atoms with Gasteiger partial charge in [-0.2, -0.15) is 13.2 Å². The fourth-order valence-electron chi connectivity index (χ4n) is 2.78. The third kappa shape index (κ3) is 4.89. The minimum Gasteiger partial charge on any atom is -0.466 e. The molecule has 0 unspecified atom stereocenters. The number of alkyl halides is 3. The number of benzene rings is 2. The van der Waals surface area contributed by atoms with Crippen LogP contribution in [0.3, 0.4) is 0 Å². The Labute approximate surface area is 194 Å². The van der Waals surface area contributed by atoms with Crippen LogP contribution in [0.5, 0.6) is 0 Å². The highest BCUT2D eigenvalue weighted by atomic mass is 35.5. The average molecular weight is 522 g/mol. The number of carbonyl (C=O) groups excluding carboxylic acids is 2. The van der Waals surface area contributed by atoms with Gasteiger partial charge in [-0.15, -0.1) is 0 Å². The first-order chi connectivity index (χ1) is 15.3. The van der Waals surface area contributed by atoms with Gasteiger partial charge in [0, 0.05) is 6.26 Å². The number of fused-ring (bicyclic) bond motifs is 1. The number of amides is 1. The van der Waals surface area contributed by atoms with Gasteiger partial charge in [0.1, 0.15) is 0 Å². The maximum atomic E-state index is 14.2. The Kier molecular flexibility index (Phi) is 6.60. The van der Waals surface area contributed by atoms with Crippen LogP contribution in [0.15, 0.2) is 47.4 Å². The van der Waals surface area contributed by atoms with Crippen molar-refractivity contribution in [3.8, 4) is 0 Å². The number of aromatic nitrogens is 1. The van der Waals surface area contributed by atoms with Crippen molar-refractivity contribution in [1.82, 2.24) is 10.3 Å². The number of thiazole rings is 1. The molecule has 0 radical (unpaired) electrons. The molecule has 0 aliphatic carbocycles. The summed E-state index contributed by atoms with van der Waals surface area (Å²) in [5, 5.41) is 3.02. The Balaban J connectivity index is 2.09. The highest BCUT2D eigenvalue weighted by Crippen LogP contribution is 2.36. The number of methoxy groups -OCH3 is 1. The quantitative estimate of drug-likeness (QED) is 0.376. The molecule has 1 atom stereocenters. The number of rotatable bonds is 6. The van der Waals surface area contributed by atoms with E-state index in [1.807, 2.05) is 5.32 Å². The molecular formula is C19H15ClF3N3O5S2.